The molecular formula is C31H30ClFN4O5. The molecule has 2 amide bonds. The molecule has 0 spiro atoms. The van der Waals surface area contributed by atoms with Crippen LogP contribution in [0.4, 0.5) is 10.1 Å². The number of nitrogens with zero attached hydrogens (tertiary/aromatic N) is 1. The molecule has 9 nitrogen and oxygen atoms in total. The number of pyridine rings is 1. The number of nitrogens with one attached hydrogen (secondary N) is 3. The number of ether oxygens (including phenoxy) is 3. The Labute approximate surface area is 247 Å². The summed E-state index contributed by atoms with van der Waals surface area (Å²) < 4.78 is 32.6. The highest BCUT2D eigenvalue weighted by Crippen LogP contribution is 2.38. The van der Waals surface area contributed by atoms with Crippen molar-refractivity contribution in [3.8, 4) is 23.0 Å². The highest BCUT2D eigenvalue weighted by atomic mass is 35.5. The molecule has 11 heteroatoms. The molecule has 0 unspecified atom stereocenters. The molecule has 0 saturated carbocycles. The number of hydrogen-bond donors (Lipinski definition) is 3. The van der Waals surface area contributed by atoms with Gasteiger partial charge in [-0.1, -0.05) is 23.7 Å². The number of methoxy groups -OCH3 is 1. The van der Waals surface area contributed by atoms with Gasteiger partial charge in [-0.05, 0) is 73.8 Å². The van der Waals surface area contributed by atoms with Crippen molar-refractivity contribution in [3.63, 3.8) is 0 Å². The van der Waals surface area contributed by atoms with Crippen molar-refractivity contribution in [1.82, 2.24) is 15.6 Å². The molecule has 2 heterocycles. The predicted molar refractivity (Wildman–Crippen MR) is 158 cm³/mol. The first-order valence-corrected chi connectivity index (χ1v) is 13.9. The summed E-state index contributed by atoms with van der Waals surface area (Å²) in [6, 6.07) is 15.9. The van der Waals surface area contributed by atoms with Crippen LogP contribution >= 0.6 is 11.6 Å². The molecule has 0 bridgehead atoms. The number of carbonyl (C=O) groups excluding carboxylic acids is 2. The number of fused-ring (bicyclic) bond motifs is 1. The maximum absolute atomic E-state index is 15.0. The van der Waals surface area contributed by atoms with E-state index in [1.165, 1.54) is 12.1 Å². The lowest BCUT2D eigenvalue weighted by Crippen LogP contribution is -2.34. The van der Waals surface area contributed by atoms with Gasteiger partial charge in [0.1, 0.15) is 5.75 Å². The zero-order valence-electron chi connectivity index (χ0n) is 22.9. The molecule has 218 valence electrons. The minimum Gasteiger partial charge on any atom is -0.493 e. The summed E-state index contributed by atoms with van der Waals surface area (Å²) in [5.74, 6) is -0.663. The van der Waals surface area contributed by atoms with E-state index in [-0.39, 0.29) is 18.0 Å². The summed E-state index contributed by atoms with van der Waals surface area (Å²) in [5.41, 5.74) is 1.47. The molecule has 3 N–H and O–H groups in total. The number of amides is 2. The van der Waals surface area contributed by atoms with Gasteiger partial charge >= 0.3 is 11.8 Å². The summed E-state index contributed by atoms with van der Waals surface area (Å²) in [5, 5.41) is 9.43. The number of aromatic nitrogens is 1. The monoisotopic (exact) mass is 592 g/mol. The van der Waals surface area contributed by atoms with Crippen LogP contribution in [0.5, 0.6) is 23.0 Å². The van der Waals surface area contributed by atoms with E-state index in [0.29, 0.717) is 45.7 Å². The van der Waals surface area contributed by atoms with Gasteiger partial charge in [0.15, 0.2) is 23.1 Å². The number of rotatable bonds is 9. The average molecular weight is 593 g/mol. The molecule has 1 saturated heterocycles. The first kappa shape index (κ1) is 29.1. The third-order valence-corrected chi connectivity index (χ3v) is 7.15. The Morgan fingerprint density at radius 2 is 1.76 bits per heavy atom. The quantitative estimate of drug-likeness (QED) is 0.221. The first-order valence-electron chi connectivity index (χ1n) is 13.5. The lowest BCUT2D eigenvalue weighted by atomic mass is 9.99. The Morgan fingerprint density at radius 3 is 2.50 bits per heavy atom. The smallest absolute Gasteiger partial charge is 0.313 e. The van der Waals surface area contributed by atoms with E-state index in [1.807, 2.05) is 0 Å². The number of benzene rings is 3. The Bertz CT molecular complexity index is 1580. The highest BCUT2D eigenvalue weighted by Gasteiger charge is 2.18. The van der Waals surface area contributed by atoms with Crippen LogP contribution in [0, 0.1) is 11.7 Å². The summed E-state index contributed by atoms with van der Waals surface area (Å²) in [7, 11) is 1.56. The van der Waals surface area contributed by atoms with Gasteiger partial charge in [-0.25, -0.2) is 4.39 Å². The van der Waals surface area contributed by atoms with Crippen molar-refractivity contribution >= 4 is 40.0 Å². The summed E-state index contributed by atoms with van der Waals surface area (Å²) in [6.07, 6.45) is 3.67. The van der Waals surface area contributed by atoms with Crippen LogP contribution in [0.2, 0.25) is 5.02 Å². The van der Waals surface area contributed by atoms with Crippen LogP contribution < -0.4 is 30.2 Å². The van der Waals surface area contributed by atoms with Crippen LogP contribution in [0.25, 0.3) is 10.9 Å². The third-order valence-electron chi connectivity index (χ3n) is 6.90. The minimum atomic E-state index is -0.928. The van der Waals surface area contributed by atoms with E-state index < -0.39 is 17.6 Å². The fourth-order valence-corrected chi connectivity index (χ4v) is 4.70. The third kappa shape index (κ3) is 7.26. The lowest BCUT2D eigenvalue weighted by molar-refractivity contribution is -0.136. The summed E-state index contributed by atoms with van der Waals surface area (Å²) in [6.45, 7) is 2.68. The molecule has 1 fully saturated rings. The van der Waals surface area contributed by atoms with Gasteiger partial charge in [0.25, 0.3) is 0 Å². The topological polar surface area (TPSA) is 111 Å². The highest BCUT2D eigenvalue weighted by molar-refractivity contribution is 6.39. The fourth-order valence-electron chi connectivity index (χ4n) is 4.58. The molecule has 0 aliphatic carbocycles. The molecule has 1 aromatic heterocycles. The molecule has 1 aliphatic heterocycles. The van der Waals surface area contributed by atoms with Crippen molar-refractivity contribution in [3.05, 3.63) is 83.3 Å². The van der Waals surface area contributed by atoms with Gasteiger partial charge < -0.3 is 30.2 Å². The lowest BCUT2D eigenvalue weighted by Gasteiger charge is -2.23. The van der Waals surface area contributed by atoms with Crippen LogP contribution in [0.3, 0.4) is 0 Å². The van der Waals surface area contributed by atoms with E-state index in [9.17, 15) is 9.59 Å². The maximum Gasteiger partial charge on any atom is 0.313 e. The van der Waals surface area contributed by atoms with Crippen LogP contribution in [0.1, 0.15) is 18.4 Å². The average Bonchev–Trinajstić information content (AvgIpc) is 3.01. The van der Waals surface area contributed by atoms with Gasteiger partial charge in [-0.2, -0.15) is 0 Å². The van der Waals surface area contributed by atoms with Gasteiger partial charge in [0.2, 0.25) is 0 Å². The van der Waals surface area contributed by atoms with Crippen molar-refractivity contribution in [2.24, 2.45) is 5.92 Å². The van der Waals surface area contributed by atoms with Crippen molar-refractivity contribution in [2.75, 3.05) is 32.1 Å². The SMILES string of the molecule is COc1cc2c(Oc3ccc(NC(=O)C(=O)NCc4ccc(Cl)cc4)cc3F)ccnc2cc1OCC1CCNCC1. The standard InChI is InChI=1S/C31H30ClFN4O5/c1-40-28-15-23-25(16-29(28)41-18-20-8-11-34-12-9-20)35-13-10-26(23)42-27-7-6-22(14-24(27)33)37-31(39)30(38)36-17-19-2-4-21(32)5-3-19/h2-7,10,13-16,20,34H,8-9,11-12,17-18H2,1H3,(H,36,38)(H,37,39). The second-order valence-corrected chi connectivity index (χ2v) is 10.3. The number of carbonyl (C=O) groups is 2. The Kier molecular flexibility index (Phi) is 9.35. The van der Waals surface area contributed by atoms with Gasteiger partial charge in [0.05, 0.1) is 19.2 Å². The summed E-state index contributed by atoms with van der Waals surface area (Å²) >= 11 is 5.86. The normalized spacial score (nSPS) is 13.4. The molecule has 3 aromatic carbocycles. The van der Waals surface area contributed by atoms with Gasteiger partial charge in [-0.15, -0.1) is 0 Å². The van der Waals surface area contributed by atoms with Crippen molar-refractivity contribution in [1.29, 1.82) is 0 Å². The zero-order valence-corrected chi connectivity index (χ0v) is 23.7. The molecule has 0 radical (unpaired) electrons. The molecule has 5 rings (SSSR count). The van der Waals surface area contributed by atoms with Crippen LogP contribution in [-0.4, -0.2) is 43.6 Å². The number of piperidine rings is 1. The first-order chi connectivity index (χ1) is 20.4. The summed E-state index contributed by atoms with van der Waals surface area (Å²) in [4.78, 5) is 29.0. The van der Waals surface area contributed by atoms with Gasteiger partial charge in [-0.3, -0.25) is 14.6 Å². The zero-order chi connectivity index (χ0) is 29.5. The second kappa shape index (κ2) is 13.5. The van der Waals surface area contributed by atoms with E-state index in [4.69, 9.17) is 25.8 Å². The van der Waals surface area contributed by atoms with Crippen LogP contribution in [-0.2, 0) is 16.1 Å². The van der Waals surface area contributed by atoms with E-state index >= 15 is 4.39 Å². The van der Waals surface area contributed by atoms with E-state index in [0.717, 1.165) is 37.6 Å². The predicted octanol–water partition coefficient (Wildman–Crippen LogP) is 5.46. The van der Waals surface area contributed by atoms with E-state index in [2.05, 4.69) is 20.9 Å². The molecule has 1 aliphatic rings. The minimum absolute atomic E-state index is 0.0714. The van der Waals surface area contributed by atoms with Crippen molar-refractivity contribution in [2.45, 2.75) is 19.4 Å². The molecule has 42 heavy (non-hydrogen) atoms. The van der Waals surface area contributed by atoms with E-state index in [1.54, 1.807) is 55.8 Å². The molecule has 4 aromatic rings. The molecule has 0 atom stereocenters. The number of halogens is 2. The van der Waals surface area contributed by atoms with Crippen molar-refractivity contribution < 1.29 is 28.2 Å². The Balaban J connectivity index is 1.24. The number of anilines is 1. The fraction of sp³-hybridized carbons (Fsp3) is 0.258. The number of hydrogen-bond acceptors (Lipinski definition) is 7. The Morgan fingerprint density at radius 1 is 0.976 bits per heavy atom. The van der Waals surface area contributed by atoms with Gasteiger partial charge in [0, 0.05) is 41.0 Å². The largest absolute Gasteiger partial charge is 0.493 e. The maximum atomic E-state index is 15.0. The second-order valence-electron chi connectivity index (χ2n) is 9.84. The molecular weight excluding hydrogens is 563 g/mol. The Hall–Kier alpha value is -4.41. The van der Waals surface area contributed by atoms with Crippen LogP contribution in [0.15, 0.2) is 66.9 Å².